The molecule has 0 aliphatic rings. The molecule has 2 aromatic heterocycles. The number of nitrogen functional groups attached to an aromatic ring is 1. The van der Waals surface area contributed by atoms with Gasteiger partial charge in [-0.1, -0.05) is 0 Å². The molecular weight excluding hydrogens is 311 g/mol. The highest BCUT2D eigenvalue weighted by atomic mass is 19.4. The zero-order valence-electron chi connectivity index (χ0n) is 12.2. The maximum atomic E-state index is 12.9. The van der Waals surface area contributed by atoms with E-state index in [-0.39, 0.29) is 22.8 Å². The van der Waals surface area contributed by atoms with Crippen molar-refractivity contribution in [2.45, 2.75) is 13.1 Å². The van der Waals surface area contributed by atoms with E-state index in [1.807, 2.05) is 0 Å². The zero-order chi connectivity index (χ0) is 16.8. The summed E-state index contributed by atoms with van der Waals surface area (Å²) in [5.74, 6) is -0.586. The molecule has 0 saturated heterocycles. The van der Waals surface area contributed by atoms with Gasteiger partial charge in [-0.05, 0) is 31.2 Å². The molecule has 1 aromatic carbocycles. The Morgan fingerprint density at radius 1 is 1.09 bits per heavy atom. The number of hydrogen-bond donors (Lipinski definition) is 1. The average Bonchev–Trinajstić information content (AvgIpc) is 2.83. The molecule has 23 heavy (non-hydrogen) atoms. The SMILES string of the molecule is COc1ccc(-n2c(N)nc3c(C)nc(C(F)(F)F)nc32)cc1. The number of nitrogens with zero attached hydrogens (tertiary/aromatic N) is 4. The third-order valence-electron chi connectivity index (χ3n) is 3.29. The highest BCUT2D eigenvalue weighted by Gasteiger charge is 2.36. The van der Waals surface area contributed by atoms with Crippen LogP contribution in [0, 0.1) is 6.92 Å². The number of rotatable bonds is 2. The lowest BCUT2D eigenvalue weighted by atomic mass is 10.3. The van der Waals surface area contributed by atoms with Gasteiger partial charge < -0.3 is 10.5 Å². The molecule has 0 fully saturated rings. The van der Waals surface area contributed by atoms with Crippen molar-refractivity contribution in [3.8, 4) is 11.4 Å². The fourth-order valence-corrected chi connectivity index (χ4v) is 2.22. The molecule has 0 amide bonds. The molecule has 6 nitrogen and oxygen atoms in total. The third-order valence-corrected chi connectivity index (χ3v) is 3.29. The third kappa shape index (κ3) is 2.54. The number of anilines is 1. The van der Waals surface area contributed by atoms with Gasteiger partial charge in [0.1, 0.15) is 11.3 Å². The smallest absolute Gasteiger partial charge is 0.451 e. The highest BCUT2D eigenvalue weighted by Crippen LogP contribution is 2.30. The van der Waals surface area contributed by atoms with Gasteiger partial charge in [-0.15, -0.1) is 0 Å². The number of aromatic nitrogens is 4. The quantitative estimate of drug-likeness (QED) is 0.784. The Morgan fingerprint density at radius 3 is 2.30 bits per heavy atom. The molecule has 0 radical (unpaired) electrons. The van der Waals surface area contributed by atoms with Crippen LogP contribution in [0.1, 0.15) is 11.5 Å². The summed E-state index contributed by atoms with van der Waals surface area (Å²) in [7, 11) is 1.52. The summed E-state index contributed by atoms with van der Waals surface area (Å²) < 4.78 is 45.2. The van der Waals surface area contributed by atoms with Crippen molar-refractivity contribution in [1.29, 1.82) is 0 Å². The van der Waals surface area contributed by atoms with E-state index in [9.17, 15) is 13.2 Å². The first-order chi connectivity index (χ1) is 10.8. The minimum atomic E-state index is -4.65. The lowest BCUT2D eigenvalue weighted by molar-refractivity contribution is -0.144. The highest BCUT2D eigenvalue weighted by molar-refractivity contribution is 5.79. The van der Waals surface area contributed by atoms with Crippen molar-refractivity contribution < 1.29 is 17.9 Å². The second-order valence-electron chi connectivity index (χ2n) is 4.81. The molecule has 0 atom stereocenters. The number of benzene rings is 1. The van der Waals surface area contributed by atoms with Crippen LogP contribution in [0.15, 0.2) is 24.3 Å². The summed E-state index contributed by atoms with van der Waals surface area (Å²) >= 11 is 0. The van der Waals surface area contributed by atoms with E-state index in [0.29, 0.717) is 11.4 Å². The number of alkyl halides is 3. The van der Waals surface area contributed by atoms with Gasteiger partial charge in [-0.2, -0.15) is 13.2 Å². The van der Waals surface area contributed by atoms with Crippen LogP contribution in [0.4, 0.5) is 19.1 Å². The van der Waals surface area contributed by atoms with Crippen molar-refractivity contribution in [2.24, 2.45) is 0 Å². The minimum absolute atomic E-state index is 0.00694. The Bertz CT molecular complexity index is 871. The number of fused-ring (bicyclic) bond motifs is 1. The Labute approximate surface area is 128 Å². The monoisotopic (exact) mass is 323 g/mol. The molecule has 3 rings (SSSR count). The van der Waals surface area contributed by atoms with Crippen molar-refractivity contribution in [3.63, 3.8) is 0 Å². The maximum Gasteiger partial charge on any atom is 0.451 e. The first kappa shape index (κ1) is 15.1. The lowest BCUT2D eigenvalue weighted by Gasteiger charge is -2.09. The number of halogens is 3. The Balaban J connectivity index is 2.27. The van der Waals surface area contributed by atoms with Crippen LogP contribution >= 0.6 is 0 Å². The fourth-order valence-electron chi connectivity index (χ4n) is 2.22. The number of nitrogens with two attached hydrogens (primary N) is 1. The summed E-state index contributed by atoms with van der Waals surface area (Å²) in [4.78, 5) is 11.1. The molecule has 0 saturated carbocycles. The molecule has 120 valence electrons. The molecule has 9 heteroatoms. The molecule has 0 aliphatic heterocycles. The summed E-state index contributed by atoms with van der Waals surface area (Å²) in [6.07, 6.45) is -4.65. The van der Waals surface area contributed by atoms with Crippen molar-refractivity contribution in [3.05, 3.63) is 35.8 Å². The van der Waals surface area contributed by atoms with Crippen molar-refractivity contribution in [2.75, 3.05) is 12.8 Å². The Morgan fingerprint density at radius 2 is 1.74 bits per heavy atom. The molecule has 0 unspecified atom stereocenters. The van der Waals surface area contributed by atoms with Gasteiger partial charge in [0.2, 0.25) is 11.8 Å². The van der Waals surface area contributed by atoms with Gasteiger partial charge in [-0.25, -0.2) is 15.0 Å². The molecule has 3 aromatic rings. The predicted molar refractivity (Wildman–Crippen MR) is 77.4 cm³/mol. The van der Waals surface area contributed by atoms with Crippen LogP contribution < -0.4 is 10.5 Å². The second kappa shape index (κ2) is 5.11. The Kier molecular flexibility index (Phi) is 3.35. The van der Waals surface area contributed by atoms with Gasteiger partial charge in [0, 0.05) is 0 Å². The Hall–Kier alpha value is -2.84. The van der Waals surface area contributed by atoms with E-state index in [1.54, 1.807) is 24.3 Å². The molecule has 0 bridgehead atoms. The van der Waals surface area contributed by atoms with Crippen LogP contribution in [0.5, 0.6) is 5.75 Å². The summed E-state index contributed by atoms with van der Waals surface area (Å²) in [6.45, 7) is 1.43. The molecule has 0 spiro atoms. The standard InChI is InChI=1S/C14H12F3N5O/c1-7-10-11(21-12(19-7)14(15,16)17)22(13(18)20-10)8-3-5-9(23-2)6-4-8/h3-6H,1-2H3,(H2,18,20). The summed E-state index contributed by atoms with van der Waals surface area (Å²) in [5.41, 5.74) is 6.73. The summed E-state index contributed by atoms with van der Waals surface area (Å²) in [5, 5.41) is 0. The van der Waals surface area contributed by atoms with Gasteiger partial charge in [-0.3, -0.25) is 4.57 Å². The van der Waals surface area contributed by atoms with E-state index < -0.39 is 12.0 Å². The van der Waals surface area contributed by atoms with E-state index in [4.69, 9.17) is 10.5 Å². The largest absolute Gasteiger partial charge is 0.497 e. The molecule has 2 heterocycles. The van der Waals surface area contributed by atoms with E-state index >= 15 is 0 Å². The summed E-state index contributed by atoms with van der Waals surface area (Å²) in [6, 6.07) is 6.64. The van der Waals surface area contributed by atoms with Crippen LogP contribution in [0.2, 0.25) is 0 Å². The second-order valence-corrected chi connectivity index (χ2v) is 4.81. The van der Waals surface area contributed by atoms with Crippen molar-refractivity contribution in [1.82, 2.24) is 19.5 Å². The van der Waals surface area contributed by atoms with Crippen molar-refractivity contribution >= 4 is 17.1 Å². The number of imidazole rings is 1. The van der Waals surface area contributed by atoms with E-state index in [2.05, 4.69) is 15.0 Å². The fraction of sp³-hybridized carbons (Fsp3) is 0.214. The van der Waals surface area contributed by atoms with Gasteiger partial charge in [0.05, 0.1) is 18.5 Å². The minimum Gasteiger partial charge on any atom is -0.497 e. The van der Waals surface area contributed by atoms with Crippen LogP contribution in [-0.2, 0) is 6.18 Å². The first-order valence-electron chi connectivity index (χ1n) is 6.55. The predicted octanol–water partition coefficient (Wildman–Crippen LogP) is 2.73. The van der Waals surface area contributed by atoms with Crippen LogP contribution in [-0.4, -0.2) is 26.6 Å². The van der Waals surface area contributed by atoms with Gasteiger partial charge in [0.15, 0.2) is 5.65 Å². The van der Waals surface area contributed by atoms with E-state index in [1.165, 1.54) is 18.6 Å². The molecule has 0 aliphatic carbocycles. The average molecular weight is 323 g/mol. The topological polar surface area (TPSA) is 78.9 Å². The zero-order valence-corrected chi connectivity index (χ0v) is 12.2. The number of aryl methyl sites for hydroxylation is 1. The van der Waals surface area contributed by atoms with Crippen LogP contribution in [0.25, 0.3) is 16.9 Å². The number of ether oxygens (including phenoxy) is 1. The molecule has 2 N–H and O–H groups in total. The molecular formula is C14H12F3N5O. The van der Waals surface area contributed by atoms with Crippen LogP contribution in [0.3, 0.4) is 0 Å². The number of methoxy groups -OCH3 is 1. The normalized spacial score (nSPS) is 11.9. The van der Waals surface area contributed by atoms with Gasteiger partial charge in [0.25, 0.3) is 0 Å². The first-order valence-corrected chi connectivity index (χ1v) is 6.55. The maximum absolute atomic E-state index is 12.9. The number of hydrogen-bond acceptors (Lipinski definition) is 5. The van der Waals surface area contributed by atoms with E-state index in [0.717, 1.165) is 0 Å². The lowest BCUT2D eigenvalue weighted by Crippen LogP contribution is -2.13. The van der Waals surface area contributed by atoms with Gasteiger partial charge >= 0.3 is 6.18 Å².